The van der Waals surface area contributed by atoms with Crippen molar-refractivity contribution in [3.63, 3.8) is 0 Å². The molecule has 1 spiro atoms. The summed E-state index contributed by atoms with van der Waals surface area (Å²) in [5, 5.41) is 8.73. The number of aliphatic hydroxyl groups excluding tert-OH is 1. The van der Waals surface area contributed by atoms with Gasteiger partial charge in [-0.1, -0.05) is 12.8 Å². The highest BCUT2D eigenvalue weighted by molar-refractivity contribution is 4.92. The van der Waals surface area contributed by atoms with Gasteiger partial charge in [0.2, 0.25) is 0 Å². The molecule has 1 atom stereocenters. The molecule has 0 bridgehead atoms. The predicted octanol–water partition coefficient (Wildman–Crippen LogP) is 2.25. The molecule has 2 heteroatoms. The van der Waals surface area contributed by atoms with Gasteiger partial charge in [0.15, 0.2) is 0 Å². The van der Waals surface area contributed by atoms with Crippen LogP contribution in [0.3, 0.4) is 0 Å². The van der Waals surface area contributed by atoms with Crippen molar-refractivity contribution >= 4 is 0 Å². The maximum atomic E-state index is 8.73. The Kier molecular flexibility index (Phi) is 2.89. The van der Waals surface area contributed by atoms with Crippen LogP contribution in [0.15, 0.2) is 0 Å². The summed E-state index contributed by atoms with van der Waals surface area (Å²) in [5.41, 5.74) is 0.278. The first-order valence-corrected chi connectivity index (χ1v) is 5.63. The molecule has 1 heterocycles. The molecule has 0 aromatic rings. The smallest absolute Gasteiger partial charge is 0.0687 e. The van der Waals surface area contributed by atoms with Crippen molar-refractivity contribution in [2.24, 2.45) is 0 Å². The summed E-state index contributed by atoms with van der Waals surface area (Å²) >= 11 is 0. The minimum absolute atomic E-state index is 0.278. The molecule has 1 aliphatic heterocycles. The second-order valence-electron chi connectivity index (χ2n) is 4.53. The van der Waals surface area contributed by atoms with E-state index in [1.807, 2.05) is 0 Å². The van der Waals surface area contributed by atoms with Crippen LogP contribution in [-0.2, 0) is 4.74 Å². The van der Waals surface area contributed by atoms with Crippen molar-refractivity contribution in [1.82, 2.24) is 0 Å². The monoisotopic (exact) mass is 184 g/mol. The van der Waals surface area contributed by atoms with E-state index in [0.717, 1.165) is 12.8 Å². The van der Waals surface area contributed by atoms with Gasteiger partial charge in [-0.05, 0) is 38.5 Å². The van der Waals surface area contributed by atoms with Gasteiger partial charge >= 0.3 is 0 Å². The summed E-state index contributed by atoms with van der Waals surface area (Å²) in [7, 11) is 0. The Morgan fingerprint density at radius 3 is 2.69 bits per heavy atom. The first kappa shape index (κ1) is 9.47. The van der Waals surface area contributed by atoms with Crippen LogP contribution in [0, 0.1) is 0 Å². The standard InChI is InChI=1S/C11H20O2/c12-9-3-4-10-5-8-11(13-10)6-1-2-7-11/h10,12H,1-9H2. The molecular formula is C11H20O2. The van der Waals surface area contributed by atoms with E-state index in [1.54, 1.807) is 0 Å². The lowest BCUT2D eigenvalue weighted by Gasteiger charge is -2.23. The average molecular weight is 184 g/mol. The minimum Gasteiger partial charge on any atom is -0.396 e. The fourth-order valence-electron chi connectivity index (χ4n) is 2.80. The summed E-state index contributed by atoms with van der Waals surface area (Å²) in [6.07, 6.45) is 10.2. The van der Waals surface area contributed by atoms with Gasteiger partial charge in [-0.3, -0.25) is 0 Å². The fraction of sp³-hybridized carbons (Fsp3) is 1.00. The number of hydrogen-bond acceptors (Lipinski definition) is 2. The van der Waals surface area contributed by atoms with Crippen molar-refractivity contribution in [2.45, 2.75) is 63.1 Å². The van der Waals surface area contributed by atoms with Crippen molar-refractivity contribution in [2.75, 3.05) is 6.61 Å². The highest BCUT2D eigenvalue weighted by atomic mass is 16.5. The van der Waals surface area contributed by atoms with Gasteiger partial charge in [0.1, 0.15) is 0 Å². The lowest BCUT2D eigenvalue weighted by Crippen LogP contribution is -2.24. The first-order chi connectivity index (χ1) is 6.35. The largest absolute Gasteiger partial charge is 0.396 e. The Morgan fingerprint density at radius 1 is 1.23 bits per heavy atom. The van der Waals surface area contributed by atoms with Gasteiger partial charge in [-0.15, -0.1) is 0 Å². The molecule has 0 amide bonds. The zero-order chi connectivity index (χ0) is 9.15. The molecule has 1 aliphatic carbocycles. The third kappa shape index (κ3) is 2.05. The van der Waals surface area contributed by atoms with E-state index >= 15 is 0 Å². The first-order valence-electron chi connectivity index (χ1n) is 5.63. The van der Waals surface area contributed by atoms with Crippen molar-refractivity contribution in [3.05, 3.63) is 0 Å². The van der Waals surface area contributed by atoms with Crippen molar-refractivity contribution in [1.29, 1.82) is 0 Å². The van der Waals surface area contributed by atoms with Gasteiger partial charge < -0.3 is 9.84 Å². The SMILES string of the molecule is OCCCC1CCC2(CCCC2)O1. The molecule has 1 unspecified atom stereocenters. The van der Waals surface area contributed by atoms with E-state index in [9.17, 15) is 0 Å². The molecule has 0 radical (unpaired) electrons. The van der Waals surface area contributed by atoms with Gasteiger partial charge in [-0.2, -0.15) is 0 Å². The highest BCUT2D eigenvalue weighted by Crippen LogP contribution is 2.44. The maximum Gasteiger partial charge on any atom is 0.0687 e. The van der Waals surface area contributed by atoms with E-state index in [-0.39, 0.29) is 5.60 Å². The Hall–Kier alpha value is -0.0800. The van der Waals surface area contributed by atoms with Crippen LogP contribution in [-0.4, -0.2) is 23.4 Å². The molecule has 1 saturated carbocycles. The second-order valence-corrected chi connectivity index (χ2v) is 4.53. The van der Waals surface area contributed by atoms with Crippen LogP contribution in [0.2, 0.25) is 0 Å². The van der Waals surface area contributed by atoms with E-state index in [2.05, 4.69) is 0 Å². The van der Waals surface area contributed by atoms with Gasteiger partial charge in [0.05, 0.1) is 11.7 Å². The van der Waals surface area contributed by atoms with E-state index in [4.69, 9.17) is 9.84 Å². The predicted molar refractivity (Wildman–Crippen MR) is 51.6 cm³/mol. The lowest BCUT2D eigenvalue weighted by molar-refractivity contribution is -0.0404. The molecule has 1 N–H and O–H groups in total. The Labute approximate surface area is 80.3 Å². The van der Waals surface area contributed by atoms with E-state index < -0.39 is 0 Å². The van der Waals surface area contributed by atoms with Crippen LogP contribution in [0.1, 0.15) is 51.4 Å². The molecule has 2 nitrogen and oxygen atoms in total. The fourth-order valence-corrected chi connectivity index (χ4v) is 2.80. The zero-order valence-electron chi connectivity index (χ0n) is 8.30. The molecule has 76 valence electrons. The van der Waals surface area contributed by atoms with Crippen LogP contribution in [0.5, 0.6) is 0 Å². The molecule has 0 aromatic heterocycles. The Morgan fingerprint density at radius 2 is 2.00 bits per heavy atom. The van der Waals surface area contributed by atoms with E-state index in [1.165, 1.54) is 38.5 Å². The molecule has 0 aromatic carbocycles. The highest BCUT2D eigenvalue weighted by Gasteiger charge is 2.41. The van der Waals surface area contributed by atoms with Crippen molar-refractivity contribution < 1.29 is 9.84 Å². The summed E-state index contributed by atoms with van der Waals surface area (Å²) in [4.78, 5) is 0. The Balaban J connectivity index is 1.79. The molecule has 1 saturated heterocycles. The molecule has 2 aliphatic rings. The summed E-state index contributed by atoms with van der Waals surface area (Å²) < 4.78 is 6.10. The summed E-state index contributed by atoms with van der Waals surface area (Å²) in [6.45, 7) is 0.312. The summed E-state index contributed by atoms with van der Waals surface area (Å²) in [6, 6.07) is 0. The molecule has 2 rings (SSSR count). The zero-order valence-corrected chi connectivity index (χ0v) is 8.30. The number of aliphatic hydroxyl groups is 1. The molecule has 2 fully saturated rings. The average Bonchev–Trinajstić information content (AvgIpc) is 2.74. The Bertz CT molecular complexity index is 161. The van der Waals surface area contributed by atoms with Crippen LogP contribution >= 0.6 is 0 Å². The van der Waals surface area contributed by atoms with Crippen LogP contribution in [0.25, 0.3) is 0 Å². The molecule has 13 heavy (non-hydrogen) atoms. The third-order valence-corrected chi connectivity index (χ3v) is 3.54. The second kappa shape index (κ2) is 3.97. The molecular weight excluding hydrogens is 164 g/mol. The normalized spacial score (nSPS) is 31.6. The maximum absolute atomic E-state index is 8.73. The topological polar surface area (TPSA) is 29.5 Å². The number of rotatable bonds is 3. The quantitative estimate of drug-likeness (QED) is 0.729. The van der Waals surface area contributed by atoms with Crippen molar-refractivity contribution in [3.8, 4) is 0 Å². The van der Waals surface area contributed by atoms with Gasteiger partial charge in [0, 0.05) is 6.61 Å². The third-order valence-electron chi connectivity index (χ3n) is 3.54. The van der Waals surface area contributed by atoms with E-state index in [0.29, 0.717) is 12.7 Å². The van der Waals surface area contributed by atoms with Crippen LogP contribution < -0.4 is 0 Å². The van der Waals surface area contributed by atoms with Crippen LogP contribution in [0.4, 0.5) is 0 Å². The lowest BCUT2D eigenvalue weighted by atomic mass is 9.98. The van der Waals surface area contributed by atoms with Gasteiger partial charge in [-0.25, -0.2) is 0 Å². The summed E-state index contributed by atoms with van der Waals surface area (Å²) in [5.74, 6) is 0. The minimum atomic E-state index is 0.278. The number of ether oxygens (including phenoxy) is 1. The van der Waals surface area contributed by atoms with Gasteiger partial charge in [0.25, 0.3) is 0 Å². The number of hydrogen-bond donors (Lipinski definition) is 1.